The monoisotopic (exact) mass is 467 g/mol. The lowest BCUT2D eigenvalue weighted by Crippen LogP contribution is -1.96. The highest BCUT2D eigenvalue weighted by Gasteiger charge is 2.21. The van der Waals surface area contributed by atoms with E-state index in [1.807, 2.05) is 0 Å². The average Bonchev–Trinajstić information content (AvgIpc) is 3.36. The third kappa shape index (κ3) is 2.34. The molecule has 0 saturated carbocycles. The van der Waals surface area contributed by atoms with Crippen molar-refractivity contribution in [3.63, 3.8) is 0 Å². The van der Waals surface area contributed by atoms with Crippen LogP contribution in [0.15, 0.2) is 127 Å². The van der Waals surface area contributed by atoms with E-state index < -0.39 is 0 Å². The van der Waals surface area contributed by atoms with Crippen molar-refractivity contribution in [3.05, 3.63) is 127 Å². The predicted octanol–water partition coefficient (Wildman–Crippen LogP) is 10.0. The summed E-state index contributed by atoms with van der Waals surface area (Å²) in [5, 5.41) is 15.7. The minimum absolute atomic E-state index is 1.25. The summed E-state index contributed by atoms with van der Waals surface area (Å²) in [6.07, 6.45) is 0. The molecule has 37 heavy (non-hydrogen) atoms. The number of aromatic nitrogens is 1. The van der Waals surface area contributed by atoms with Crippen LogP contribution in [0.5, 0.6) is 0 Å². The summed E-state index contributed by atoms with van der Waals surface area (Å²) >= 11 is 0. The van der Waals surface area contributed by atoms with Gasteiger partial charge in [0.25, 0.3) is 0 Å². The van der Waals surface area contributed by atoms with E-state index in [1.54, 1.807) is 0 Å². The van der Waals surface area contributed by atoms with Gasteiger partial charge in [0.15, 0.2) is 0 Å². The Kier molecular flexibility index (Phi) is 3.59. The first-order valence-corrected chi connectivity index (χ1v) is 12.9. The summed E-state index contributed by atoms with van der Waals surface area (Å²) in [4.78, 5) is 0. The molecule has 0 unspecified atom stereocenters. The quantitative estimate of drug-likeness (QED) is 0.195. The van der Waals surface area contributed by atoms with Crippen LogP contribution in [0.25, 0.3) is 81.2 Å². The number of benzene rings is 7. The highest BCUT2D eigenvalue weighted by molar-refractivity contribution is 6.41. The van der Waals surface area contributed by atoms with Crippen molar-refractivity contribution >= 4 is 81.2 Å². The summed E-state index contributed by atoms with van der Waals surface area (Å²) in [5.74, 6) is 0. The maximum absolute atomic E-state index is 2.53. The molecular weight excluding hydrogens is 446 g/mol. The minimum Gasteiger partial charge on any atom is -0.308 e. The summed E-state index contributed by atoms with van der Waals surface area (Å²) in [5.41, 5.74) is 3.81. The predicted molar refractivity (Wildman–Crippen MR) is 160 cm³/mol. The third-order valence-electron chi connectivity index (χ3n) is 8.28. The molecule has 0 atom stereocenters. The van der Waals surface area contributed by atoms with E-state index in [2.05, 4.69) is 132 Å². The van der Waals surface area contributed by atoms with E-state index in [0.29, 0.717) is 0 Å². The van der Waals surface area contributed by atoms with Crippen LogP contribution in [-0.2, 0) is 0 Å². The molecule has 0 amide bonds. The first-order chi connectivity index (χ1) is 18.4. The van der Waals surface area contributed by atoms with Crippen molar-refractivity contribution in [2.75, 3.05) is 0 Å². The van der Waals surface area contributed by atoms with Crippen molar-refractivity contribution in [1.82, 2.24) is 4.40 Å². The number of para-hydroxylation sites is 1. The second-order valence-corrected chi connectivity index (χ2v) is 10.1. The Hall–Kier alpha value is -4.88. The zero-order chi connectivity index (χ0) is 24.1. The van der Waals surface area contributed by atoms with Crippen molar-refractivity contribution < 1.29 is 0 Å². The maximum Gasteiger partial charge on any atom is 0.0625 e. The van der Waals surface area contributed by atoms with Gasteiger partial charge < -0.3 is 4.40 Å². The van der Waals surface area contributed by atoms with Crippen LogP contribution >= 0.6 is 0 Å². The van der Waals surface area contributed by atoms with Crippen molar-refractivity contribution in [2.45, 2.75) is 0 Å². The van der Waals surface area contributed by atoms with Gasteiger partial charge in [0, 0.05) is 26.9 Å². The molecule has 0 fully saturated rings. The van der Waals surface area contributed by atoms with E-state index >= 15 is 0 Å². The van der Waals surface area contributed by atoms with Crippen LogP contribution in [0.1, 0.15) is 0 Å². The molecule has 0 spiro atoms. The van der Waals surface area contributed by atoms with Crippen LogP contribution in [0.3, 0.4) is 0 Å². The first-order valence-electron chi connectivity index (χ1n) is 12.9. The van der Waals surface area contributed by atoms with Crippen molar-refractivity contribution in [2.24, 2.45) is 0 Å². The lowest BCUT2D eigenvalue weighted by molar-refractivity contribution is 1.36. The van der Waals surface area contributed by atoms with Gasteiger partial charge in [-0.25, -0.2) is 0 Å². The molecule has 1 nitrogen and oxygen atoms in total. The Morgan fingerprint density at radius 2 is 0.757 bits per heavy atom. The normalized spacial score (nSPS) is 12.3. The molecule has 0 aliphatic rings. The molecular formula is C36H21N. The average molecular weight is 468 g/mol. The second kappa shape index (κ2) is 6.87. The van der Waals surface area contributed by atoms with Crippen molar-refractivity contribution in [1.29, 1.82) is 0 Å². The molecule has 0 N–H and O–H groups in total. The summed E-state index contributed by atoms with van der Waals surface area (Å²) in [6, 6.07) is 46.9. The van der Waals surface area contributed by atoms with E-state index in [9.17, 15) is 0 Å². The molecule has 0 aliphatic carbocycles. The number of nitrogens with zero attached hydrogens (tertiary/aromatic N) is 1. The van der Waals surface area contributed by atoms with Gasteiger partial charge in [0.2, 0.25) is 0 Å². The van der Waals surface area contributed by atoms with Crippen LogP contribution in [0, 0.1) is 0 Å². The number of pyridine rings is 1. The van der Waals surface area contributed by atoms with E-state index in [4.69, 9.17) is 0 Å². The van der Waals surface area contributed by atoms with Gasteiger partial charge in [-0.3, -0.25) is 0 Å². The molecule has 0 radical (unpaired) electrons. The molecule has 9 aromatic rings. The molecule has 7 aromatic carbocycles. The van der Waals surface area contributed by atoms with Gasteiger partial charge >= 0.3 is 0 Å². The Morgan fingerprint density at radius 3 is 1.38 bits per heavy atom. The lowest BCUT2D eigenvalue weighted by atomic mass is 9.88. The highest BCUT2D eigenvalue weighted by atomic mass is 14.9. The van der Waals surface area contributed by atoms with Crippen LogP contribution < -0.4 is 0 Å². The lowest BCUT2D eigenvalue weighted by Gasteiger charge is -2.19. The zero-order valence-corrected chi connectivity index (χ0v) is 20.1. The first kappa shape index (κ1) is 19.3. The Bertz CT molecular complexity index is 2410. The number of hydrogen-bond acceptors (Lipinski definition) is 0. The summed E-state index contributed by atoms with van der Waals surface area (Å²) < 4.78 is 2.53. The second-order valence-electron chi connectivity index (χ2n) is 10.1. The molecule has 1 heteroatoms. The number of rotatable bonds is 0. The molecule has 0 saturated heterocycles. The number of fused-ring (bicyclic) bond motifs is 18. The molecule has 0 aliphatic heterocycles. The minimum atomic E-state index is 1.25. The SMILES string of the molecule is c1ccc2c(c1)cc1c3c4ccccc4c4ccccc4c3c3c4ccccc4c4ccccc4c3n21. The Balaban J connectivity index is 1.82. The molecule has 2 heterocycles. The highest BCUT2D eigenvalue weighted by Crippen LogP contribution is 2.47. The van der Waals surface area contributed by atoms with Crippen LogP contribution in [0.2, 0.25) is 0 Å². The van der Waals surface area contributed by atoms with Gasteiger partial charge in [-0.2, -0.15) is 0 Å². The zero-order valence-electron chi connectivity index (χ0n) is 20.1. The fraction of sp³-hybridized carbons (Fsp3) is 0. The third-order valence-corrected chi connectivity index (χ3v) is 8.28. The molecule has 170 valence electrons. The largest absolute Gasteiger partial charge is 0.308 e. The van der Waals surface area contributed by atoms with Gasteiger partial charge in [0.05, 0.1) is 16.6 Å². The molecule has 2 aromatic heterocycles. The summed E-state index contributed by atoms with van der Waals surface area (Å²) in [6.45, 7) is 0. The molecule has 9 rings (SSSR count). The Labute approximate surface area is 212 Å². The van der Waals surface area contributed by atoms with E-state index in [-0.39, 0.29) is 0 Å². The number of hydrogen-bond donors (Lipinski definition) is 0. The van der Waals surface area contributed by atoms with Crippen LogP contribution in [0.4, 0.5) is 0 Å². The van der Waals surface area contributed by atoms with Gasteiger partial charge in [0.1, 0.15) is 0 Å². The van der Waals surface area contributed by atoms with Gasteiger partial charge in [-0.05, 0) is 49.8 Å². The fourth-order valence-electron chi connectivity index (χ4n) is 6.85. The smallest absolute Gasteiger partial charge is 0.0625 e. The van der Waals surface area contributed by atoms with E-state index in [0.717, 1.165) is 0 Å². The fourth-order valence-corrected chi connectivity index (χ4v) is 6.85. The summed E-state index contributed by atoms with van der Waals surface area (Å²) in [7, 11) is 0. The topological polar surface area (TPSA) is 4.41 Å². The Morgan fingerprint density at radius 1 is 0.324 bits per heavy atom. The standard InChI is InChI=1S/C36H21N/c1-10-20-31-22(11-1)21-32-33-27-16-6-2-12-23(27)24-13-3-7-17-28(24)34(33)35-29-18-8-4-14-25(29)26-15-5-9-19-30(26)36(35)37(31)32/h1-21H. The van der Waals surface area contributed by atoms with Crippen molar-refractivity contribution in [3.8, 4) is 0 Å². The van der Waals surface area contributed by atoms with Gasteiger partial charge in [-0.1, -0.05) is 115 Å². The van der Waals surface area contributed by atoms with E-state index in [1.165, 1.54) is 81.2 Å². The van der Waals surface area contributed by atoms with Gasteiger partial charge in [-0.15, -0.1) is 0 Å². The van der Waals surface area contributed by atoms with Crippen LogP contribution in [-0.4, -0.2) is 4.40 Å². The molecule has 0 bridgehead atoms. The maximum atomic E-state index is 2.53.